The van der Waals surface area contributed by atoms with Gasteiger partial charge in [-0.3, -0.25) is 4.68 Å². The van der Waals surface area contributed by atoms with Gasteiger partial charge in [-0.25, -0.2) is 0 Å². The van der Waals surface area contributed by atoms with Gasteiger partial charge in [-0.15, -0.1) is 0 Å². The van der Waals surface area contributed by atoms with Crippen LogP contribution in [0, 0.1) is 11.3 Å². The zero-order valence-electron chi connectivity index (χ0n) is 8.48. The van der Waals surface area contributed by atoms with E-state index in [1.54, 1.807) is 6.20 Å². The molecule has 0 spiro atoms. The summed E-state index contributed by atoms with van der Waals surface area (Å²) < 4.78 is 1.88. The topological polar surface area (TPSA) is 53.6 Å². The monoisotopic (exact) mass is 192 g/mol. The molecule has 4 heteroatoms. The summed E-state index contributed by atoms with van der Waals surface area (Å²) in [6.07, 6.45) is 5.28. The molecular weight excluding hydrogens is 176 g/mol. The van der Waals surface area contributed by atoms with Gasteiger partial charge in [0.25, 0.3) is 0 Å². The average Bonchev–Trinajstić information content (AvgIpc) is 2.69. The molecule has 0 radical (unpaired) electrons. The van der Waals surface area contributed by atoms with Crippen molar-refractivity contribution in [3.8, 4) is 6.07 Å². The zero-order valence-corrected chi connectivity index (χ0v) is 8.48. The smallest absolute Gasteiger partial charge is 0.0638 e. The highest BCUT2D eigenvalue weighted by molar-refractivity contribution is 4.80. The van der Waals surface area contributed by atoms with E-state index in [2.05, 4.69) is 23.4 Å². The van der Waals surface area contributed by atoms with Gasteiger partial charge in [0, 0.05) is 25.0 Å². The molecule has 0 bridgehead atoms. The van der Waals surface area contributed by atoms with Gasteiger partial charge < -0.3 is 5.32 Å². The number of hydrogen-bond acceptors (Lipinski definition) is 3. The van der Waals surface area contributed by atoms with Crippen molar-refractivity contribution in [1.82, 2.24) is 15.1 Å². The van der Waals surface area contributed by atoms with Gasteiger partial charge in [-0.1, -0.05) is 6.92 Å². The van der Waals surface area contributed by atoms with Crippen LogP contribution in [0.15, 0.2) is 18.5 Å². The summed E-state index contributed by atoms with van der Waals surface area (Å²) in [6.45, 7) is 3.81. The van der Waals surface area contributed by atoms with Crippen LogP contribution < -0.4 is 5.32 Å². The SMILES string of the molecule is CCC(CC#N)NCCn1cccn1. The minimum atomic E-state index is 0.315. The maximum absolute atomic E-state index is 8.54. The Bertz CT molecular complexity index is 273. The van der Waals surface area contributed by atoms with E-state index in [0.717, 1.165) is 19.5 Å². The predicted octanol–water partition coefficient (Wildman–Crippen LogP) is 1.16. The Kier molecular flexibility index (Phi) is 4.73. The van der Waals surface area contributed by atoms with Gasteiger partial charge in [0.15, 0.2) is 0 Å². The fourth-order valence-electron chi connectivity index (χ4n) is 1.29. The van der Waals surface area contributed by atoms with Crippen molar-refractivity contribution >= 4 is 0 Å². The Morgan fingerprint density at radius 2 is 2.50 bits per heavy atom. The summed E-state index contributed by atoms with van der Waals surface area (Å²) in [5, 5.41) is 16.0. The number of nitriles is 1. The Balaban J connectivity index is 2.17. The van der Waals surface area contributed by atoms with E-state index in [0.29, 0.717) is 12.5 Å². The van der Waals surface area contributed by atoms with E-state index in [1.165, 1.54) is 0 Å². The van der Waals surface area contributed by atoms with E-state index in [9.17, 15) is 0 Å². The van der Waals surface area contributed by atoms with Crippen LogP contribution in [0.5, 0.6) is 0 Å². The fourth-order valence-corrected chi connectivity index (χ4v) is 1.29. The van der Waals surface area contributed by atoms with Gasteiger partial charge >= 0.3 is 0 Å². The summed E-state index contributed by atoms with van der Waals surface area (Å²) in [4.78, 5) is 0. The lowest BCUT2D eigenvalue weighted by molar-refractivity contribution is 0.468. The number of nitrogens with zero attached hydrogens (tertiary/aromatic N) is 3. The Morgan fingerprint density at radius 1 is 1.64 bits per heavy atom. The van der Waals surface area contributed by atoms with E-state index < -0.39 is 0 Å². The molecule has 0 amide bonds. The van der Waals surface area contributed by atoms with Crippen LogP contribution in [0.25, 0.3) is 0 Å². The molecule has 4 nitrogen and oxygen atoms in total. The van der Waals surface area contributed by atoms with E-state index >= 15 is 0 Å². The molecule has 1 heterocycles. The van der Waals surface area contributed by atoms with Crippen LogP contribution >= 0.6 is 0 Å². The van der Waals surface area contributed by atoms with Crippen molar-refractivity contribution < 1.29 is 0 Å². The highest BCUT2D eigenvalue weighted by Crippen LogP contribution is 1.95. The Hall–Kier alpha value is -1.34. The molecule has 0 aliphatic heterocycles. The number of hydrogen-bond donors (Lipinski definition) is 1. The lowest BCUT2D eigenvalue weighted by atomic mass is 10.2. The van der Waals surface area contributed by atoms with Gasteiger partial charge in [0.05, 0.1) is 19.0 Å². The normalized spacial score (nSPS) is 12.3. The largest absolute Gasteiger partial charge is 0.311 e. The predicted molar refractivity (Wildman–Crippen MR) is 54.5 cm³/mol. The van der Waals surface area contributed by atoms with E-state index in [1.807, 2.05) is 16.9 Å². The average molecular weight is 192 g/mol. The number of rotatable bonds is 6. The lowest BCUT2D eigenvalue weighted by Crippen LogP contribution is -2.31. The van der Waals surface area contributed by atoms with Crippen molar-refractivity contribution in [3.05, 3.63) is 18.5 Å². The van der Waals surface area contributed by atoms with Crippen LogP contribution in [0.1, 0.15) is 19.8 Å². The highest BCUT2D eigenvalue weighted by Gasteiger charge is 2.03. The van der Waals surface area contributed by atoms with Gasteiger partial charge in [0.2, 0.25) is 0 Å². The first kappa shape index (κ1) is 10.7. The molecule has 0 saturated carbocycles. The van der Waals surface area contributed by atoms with Crippen molar-refractivity contribution in [2.24, 2.45) is 0 Å². The molecule has 0 aliphatic carbocycles. The van der Waals surface area contributed by atoms with Crippen LogP contribution in [0.4, 0.5) is 0 Å². The molecule has 1 unspecified atom stereocenters. The van der Waals surface area contributed by atoms with Crippen molar-refractivity contribution in [1.29, 1.82) is 5.26 Å². The van der Waals surface area contributed by atoms with Crippen molar-refractivity contribution in [2.75, 3.05) is 6.54 Å². The minimum Gasteiger partial charge on any atom is -0.311 e. The van der Waals surface area contributed by atoms with Crippen LogP contribution in [0.2, 0.25) is 0 Å². The molecule has 1 rings (SSSR count). The second kappa shape index (κ2) is 6.17. The maximum Gasteiger partial charge on any atom is 0.0638 e. The molecule has 76 valence electrons. The molecule has 1 atom stereocenters. The first-order chi connectivity index (χ1) is 6.86. The molecular formula is C10H16N4. The molecule has 0 saturated heterocycles. The second-order valence-corrected chi connectivity index (χ2v) is 3.19. The first-order valence-corrected chi connectivity index (χ1v) is 4.94. The van der Waals surface area contributed by atoms with Crippen molar-refractivity contribution in [2.45, 2.75) is 32.4 Å². The van der Waals surface area contributed by atoms with E-state index in [4.69, 9.17) is 5.26 Å². The summed E-state index contributed by atoms with van der Waals surface area (Å²) in [5.41, 5.74) is 0. The first-order valence-electron chi connectivity index (χ1n) is 4.94. The fraction of sp³-hybridized carbons (Fsp3) is 0.600. The van der Waals surface area contributed by atoms with E-state index in [-0.39, 0.29) is 0 Å². The zero-order chi connectivity index (χ0) is 10.2. The molecule has 0 aliphatic rings. The summed E-state index contributed by atoms with van der Waals surface area (Å²) in [6, 6.07) is 4.40. The minimum absolute atomic E-state index is 0.315. The standard InChI is InChI=1S/C10H16N4/c1-2-10(4-5-11)12-7-9-14-8-3-6-13-14/h3,6,8,10,12H,2,4,7,9H2,1H3. The third-order valence-electron chi connectivity index (χ3n) is 2.16. The number of nitrogens with one attached hydrogen (secondary N) is 1. The van der Waals surface area contributed by atoms with Gasteiger partial charge in [0.1, 0.15) is 0 Å². The molecule has 0 aromatic carbocycles. The quantitative estimate of drug-likeness (QED) is 0.736. The second-order valence-electron chi connectivity index (χ2n) is 3.19. The van der Waals surface area contributed by atoms with Crippen LogP contribution in [-0.2, 0) is 6.54 Å². The molecule has 1 N–H and O–H groups in total. The lowest BCUT2D eigenvalue weighted by Gasteiger charge is -2.12. The molecule has 0 fully saturated rings. The Labute approximate surface area is 84.5 Å². The summed E-state index contributed by atoms with van der Waals surface area (Å²) >= 11 is 0. The van der Waals surface area contributed by atoms with Crippen LogP contribution in [0.3, 0.4) is 0 Å². The van der Waals surface area contributed by atoms with Crippen molar-refractivity contribution in [3.63, 3.8) is 0 Å². The molecule has 1 aromatic heterocycles. The Morgan fingerprint density at radius 3 is 3.07 bits per heavy atom. The van der Waals surface area contributed by atoms with Crippen LogP contribution in [-0.4, -0.2) is 22.4 Å². The number of aromatic nitrogens is 2. The third-order valence-corrected chi connectivity index (χ3v) is 2.16. The van der Waals surface area contributed by atoms with Gasteiger partial charge in [-0.05, 0) is 12.5 Å². The molecule has 1 aromatic rings. The van der Waals surface area contributed by atoms with Gasteiger partial charge in [-0.2, -0.15) is 10.4 Å². The maximum atomic E-state index is 8.54. The summed E-state index contributed by atoms with van der Waals surface area (Å²) in [5.74, 6) is 0. The highest BCUT2D eigenvalue weighted by atomic mass is 15.3. The third kappa shape index (κ3) is 3.58. The molecule has 14 heavy (non-hydrogen) atoms. The summed E-state index contributed by atoms with van der Waals surface area (Å²) in [7, 11) is 0.